The molecule has 0 bridgehead atoms. The van der Waals surface area contributed by atoms with Gasteiger partial charge in [-0.1, -0.05) is 66.7 Å². The molecule has 4 aromatic heterocycles. The van der Waals surface area contributed by atoms with Gasteiger partial charge in [0.2, 0.25) is 0 Å². The Morgan fingerprint density at radius 2 is 0.875 bits per heavy atom. The lowest BCUT2D eigenvalue weighted by atomic mass is 10.0. The van der Waals surface area contributed by atoms with Crippen molar-refractivity contribution in [2.45, 2.75) is 0 Å². The van der Waals surface area contributed by atoms with Crippen molar-refractivity contribution in [3.8, 4) is 33.9 Å². The normalized spacial score (nSPS) is 11.5. The van der Waals surface area contributed by atoms with E-state index in [1.165, 1.54) is 21.5 Å². The Labute approximate surface area is 230 Å². The van der Waals surface area contributed by atoms with Crippen LogP contribution in [-0.2, 0) is 0 Å². The highest BCUT2D eigenvalue weighted by Crippen LogP contribution is 2.31. The molecule has 0 aliphatic carbocycles. The number of hydrogen-bond acceptors (Lipinski definition) is 4. The average molecular weight is 511 g/mol. The zero-order valence-corrected chi connectivity index (χ0v) is 21.5. The number of benzene rings is 4. The molecule has 0 unspecified atom stereocenters. The van der Waals surface area contributed by atoms with Crippen molar-refractivity contribution >= 4 is 43.4 Å². The molecular weight excluding hydrogens is 488 g/mol. The van der Waals surface area contributed by atoms with E-state index in [0.29, 0.717) is 0 Å². The summed E-state index contributed by atoms with van der Waals surface area (Å²) in [6.45, 7) is 0. The second kappa shape index (κ2) is 9.07. The third-order valence-corrected chi connectivity index (χ3v) is 7.46. The van der Waals surface area contributed by atoms with Crippen LogP contribution >= 0.6 is 0 Å². The summed E-state index contributed by atoms with van der Waals surface area (Å²) >= 11 is 0. The van der Waals surface area contributed by atoms with Crippen molar-refractivity contribution < 1.29 is 0 Å². The molecule has 8 aromatic rings. The molecule has 4 heteroatoms. The molecule has 4 nitrogen and oxygen atoms in total. The molecule has 0 fully saturated rings. The highest BCUT2D eigenvalue weighted by molar-refractivity contribution is 5.98. The van der Waals surface area contributed by atoms with Crippen LogP contribution in [0.25, 0.3) is 77.3 Å². The lowest BCUT2D eigenvalue weighted by molar-refractivity contribution is 1.25. The zero-order chi connectivity index (χ0) is 26.5. The standard InChI is InChI=1S/C36H22N4/c1-3-8-25-18-33-27(16-23(25)6-1)11-13-31(38-33)35-20-30(29-10-5-15-37-22-29)21-36(40-35)32-14-12-28-17-24-7-2-4-9-26(24)19-34(28)39-32/h1-22H. The van der Waals surface area contributed by atoms with Crippen LogP contribution in [-0.4, -0.2) is 19.9 Å². The topological polar surface area (TPSA) is 51.6 Å². The molecule has 0 aliphatic heterocycles. The van der Waals surface area contributed by atoms with Gasteiger partial charge in [-0.2, -0.15) is 0 Å². The summed E-state index contributed by atoms with van der Waals surface area (Å²) in [6, 6.07) is 42.0. The van der Waals surface area contributed by atoms with Gasteiger partial charge in [0.05, 0.1) is 33.8 Å². The Morgan fingerprint density at radius 3 is 1.38 bits per heavy atom. The van der Waals surface area contributed by atoms with E-state index in [0.717, 1.165) is 55.7 Å². The second-order valence-corrected chi connectivity index (χ2v) is 10.0. The van der Waals surface area contributed by atoms with Crippen LogP contribution in [0.2, 0.25) is 0 Å². The van der Waals surface area contributed by atoms with Gasteiger partial charge in [0.1, 0.15) is 0 Å². The van der Waals surface area contributed by atoms with E-state index in [1.54, 1.807) is 6.20 Å². The van der Waals surface area contributed by atoms with E-state index in [4.69, 9.17) is 15.0 Å². The molecule has 0 radical (unpaired) electrons. The second-order valence-electron chi connectivity index (χ2n) is 10.0. The minimum Gasteiger partial charge on any atom is -0.264 e. The number of hydrogen-bond donors (Lipinski definition) is 0. The molecule has 0 atom stereocenters. The summed E-state index contributed by atoms with van der Waals surface area (Å²) in [7, 11) is 0. The minimum atomic E-state index is 0.798. The predicted octanol–water partition coefficient (Wildman–Crippen LogP) is 8.88. The minimum absolute atomic E-state index is 0.798. The molecular formula is C36H22N4. The quantitative estimate of drug-likeness (QED) is 0.223. The van der Waals surface area contributed by atoms with E-state index in [1.807, 2.05) is 12.3 Å². The molecule has 0 N–H and O–H groups in total. The summed E-state index contributed by atoms with van der Waals surface area (Å²) in [4.78, 5) is 19.5. The Balaban J connectivity index is 1.31. The monoisotopic (exact) mass is 510 g/mol. The van der Waals surface area contributed by atoms with Crippen molar-refractivity contribution in [1.82, 2.24) is 19.9 Å². The summed E-state index contributed by atoms with van der Waals surface area (Å²) in [5.74, 6) is 0. The fourth-order valence-electron chi connectivity index (χ4n) is 5.40. The van der Waals surface area contributed by atoms with Crippen LogP contribution in [0.5, 0.6) is 0 Å². The SMILES string of the molecule is c1cncc(-c2cc(-c3ccc4cc5ccccc5cc4n3)nc(-c3ccc4cc5ccccc5cc4n3)c2)c1. The van der Waals surface area contributed by atoms with Gasteiger partial charge in [0, 0.05) is 28.7 Å². The lowest BCUT2D eigenvalue weighted by Gasteiger charge is -2.11. The first kappa shape index (κ1) is 22.5. The van der Waals surface area contributed by atoms with Gasteiger partial charge in [-0.25, -0.2) is 15.0 Å². The largest absolute Gasteiger partial charge is 0.264 e. The fourth-order valence-corrected chi connectivity index (χ4v) is 5.40. The van der Waals surface area contributed by atoms with E-state index in [9.17, 15) is 0 Å². The highest BCUT2D eigenvalue weighted by Gasteiger charge is 2.13. The zero-order valence-electron chi connectivity index (χ0n) is 21.5. The number of nitrogens with zero attached hydrogens (tertiary/aromatic N) is 4. The molecule has 186 valence electrons. The van der Waals surface area contributed by atoms with Crippen LogP contribution in [0.15, 0.2) is 134 Å². The van der Waals surface area contributed by atoms with E-state index < -0.39 is 0 Å². The van der Waals surface area contributed by atoms with Gasteiger partial charge in [-0.15, -0.1) is 0 Å². The summed E-state index contributed by atoms with van der Waals surface area (Å²) in [6.07, 6.45) is 3.67. The lowest BCUT2D eigenvalue weighted by Crippen LogP contribution is -1.95. The van der Waals surface area contributed by atoms with E-state index >= 15 is 0 Å². The van der Waals surface area contributed by atoms with E-state index in [-0.39, 0.29) is 0 Å². The van der Waals surface area contributed by atoms with Gasteiger partial charge in [0.25, 0.3) is 0 Å². The molecule has 4 heterocycles. The number of rotatable bonds is 3. The molecule has 40 heavy (non-hydrogen) atoms. The number of pyridine rings is 4. The fraction of sp³-hybridized carbons (Fsp3) is 0. The maximum absolute atomic E-state index is 5.09. The first-order chi connectivity index (χ1) is 19.8. The van der Waals surface area contributed by atoms with Gasteiger partial charge >= 0.3 is 0 Å². The van der Waals surface area contributed by atoms with Gasteiger partial charge in [-0.05, 0) is 81.7 Å². The Bertz CT molecular complexity index is 2080. The third kappa shape index (κ3) is 3.94. The smallest absolute Gasteiger partial charge is 0.0900 e. The van der Waals surface area contributed by atoms with Crippen molar-refractivity contribution in [2.75, 3.05) is 0 Å². The van der Waals surface area contributed by atoms with Crippen LogP contribution < -0.4 is 0 Å². The van der Waals surface area contributed by atoms with Gasteiger partial charge in [0.15, 0.2) is 0 Å². The molecule has 0 saturated carbocycles. The maximum atomic E-state index is 5.09. The molecule has 0 amide bonds. The van der Waals surface area contributed by atoms with Crippen LogP contribution in [0.1, 0.15) is 0 Å². The highest BCUT2D eigenvalue weighted by atomic mass is 14.8. The average Bonchev–Trinajstić information content (AvgIpc) is 3.02. The Kier molecular flexibility index (Phi) is 5.10. The maximum Gasteiger partial charge on any atom is 0.0900 e. The van der Waals surface area contributed by atoms with Gasteiger partial charge < -0.3 is 0 Å². The predicted molar refractivity (Wildman–Crippen MR) is 164 cm³/mol. The van der Waals surface area contributed by atoms with Crippen molar-refractivity contribution in [3.63, 3.8) is 0 Å². The third-order valence-electron chi connectivity index (χ3n) is 7.46. The van der Waals surface area contributed by atoms with Crippen molar-refractivity contribution in [1.29, 1.82) is 0 Å². The first-order valence-electron chi connectivity index (χ1n) is 13.3. The van der Waals surface area contributed by atoms with Crippen LogP contribution in [0.4, 0.5) is 0 Å². The summed E-state index contributed by atoms with van der Waals surface area (Å²) in [5.41, 5.74) is 7.17. The molecule has 4 aromatic carbocycles. The van der Waals surface area contributed by atoms with E-state index in [2.05, 4.69) is 120 Å². The Morgan fingerprint density at radius 1 is 0.350 bits per heavy atom. The summed E-state index contributed by atoms with van der Waals surface area (Å²) in [5, 5.41) is 6.97. The first-order valence-corrected chi connectivity index (χ1v) is 13.3. The Hall–Kier alpha value is -5.48. The van der Waals surface area contributed by atoms with Crippen molar-refractivity contribution in [2.24, 2.45) is 0 Å². The molecule has 0 aliphatic rings. The van der Waals surface area contributed by atoms with Crippen LogP contribution in [0, 0.1) is 0 Å². The number of aromatic nitrogens is 4. The number of fused-ring (bicyclic) bond motifs is 4. The van der Waals surface area contributed by atoms with Crippen LogP contribution in [0.3, 0.4) is 0 Å². The van der Waals surface area contributed by atoms with Crippen molar-refractivity contribution in [3.05, 3.63) is 134 Å². The summed E-state index contributed by atoms with van der Waals surface area (Å²) < 4.78 is 0. The molecule has 0 spiro atoms. The van der Waals surface area contributed by atoms with Gasteiger partial charge in [-0.3, -0.25) is 4.98 Å². The molecule has 0 saturated heterocycles. The molecule has 8 rings (SSSR count).